The van der Waals surface area contributed by atoms with Crippen molar-refractivity contribution < 1.29 is 19.2 Å². The first kappa shape index (κ1) is 22.5. The summed E-state index contributed by atoms with van der Waals surface area (Å²) in [6, 6.07) is 13.2. The molecule has 8 nitrogen and oxygen atoms in total. The molecule has 0 amide bonds. The zero-order valence-electron chi connectivity index (χ0n) is 20.8. The van der Waals surface area contributed by atoms with E-state index in [1.165, 1.54) is 5.56 Å². The lowest BCUT2D eigenvalue weighted by atomic mass is 9.98. The van der Waals surface area contributed by atoms with Crippen LogP contribution in [0.2, 0.25) is 0 Å². The topological polar surface area (TPSA) is 93.1 Å². The van der Waals surface area contributed by atoms with Crippen LogP contribution in [0.4, 0.5) is 5.69 Å². The zero-order chi connectivity index (χ0) is 25.1. The summed E-state index contributed by atoms with van der Waals surface area (Å²) in [6.07, 6.45) is 10.2. The summed E-state index contributed by atoms with van der Waals surface area (Å²) in [4.78, 5) is 18.1. The number of hydrogen-bond acceptors (Lipinski definition) is 6. The number of carboxylic acids is 1. The third-order valence-electron chi connectivity index (χ3n) is 8.28. The van der Waals surface area contributed by atoms with Gasteiger partial charge < -0.3 is 23.7 Å². The number of ether oxygens (including phenoxy) is 1. The summed E-state index contributed by atoms with van der Waals surface area (Å²) in [5.41, 5.74) is 6.19. The highest BCUT2D eigenvalue weighted by molar-refractivity contribution is 5.86. The summed E-state index contributed by atoms with van der Waals surface area (Å²) in [6.45, 7) is 2.64. The Morgan fingerprint density at radius 3 is 2.65 bits per heavy atom. The SMILES string of the molecule is Cc1ccccc1-c1noc(C2CC2)c1COC1CC2CC[C@@H](C1)N2c1ccn2cc(C(=O)O)nc2c1. The molecular weight excluding hydrogens is 468 g/mol. The van der Waals surface area contributed by atoms with Crippen LogP contribution in [0, 0.1) is 6.92 Å². The van der Waals surface area contributed by atoms with Gasteiger partial charge in [-0.05, 0) is 57.1 Å². The van der Waals surface area contributed by atoms with Gasteiger partial charge in [-0.1, -0.05) is 29.4 Å². The van der Waals surface area contributed by atoms with Crippen LogP contribution in [0.1, 0.15) is 71.8 Å². The fourth-order valence-corrected chi connectivity index (χ4v) is 6.30. The van der Waals surface area contributed by atoms with Crippen LogP contribution < -0.4 is 4.90 Å². The number of benzene rings is 1. The first-order valence-corrected chi connectivity index (χ1v) is 13.2. The maximum atomic E-state index is 11.3. The van der Waals surface area contributed by atoms with Crippen LogP contribution >= 0.6 is 0 Å². The minimum atomic E-state index is -1.01. The van der Waals surface area contributed by atoms with Gasteiger partial charge in [0.25, 0.3) is 0 Å². The molecule has 3 aliphatic rings. The van der Waals surface area contributed by atoms with Gasteiger partial charge in [-0.25, -0.2) is 9.78 Å². The minimum absolute atomic E-state index is 0.0663. The number of aryl methyl sites for hydroxylation is 1. The fourth-order valence-electron chi connectivity index (χ4n) is 6.30. The third-order valence-corrected chi connectivity index (χ3v) is 8.28. The molecule has 0 spiro atoms. The van der Waals surface area contributed by atoms with Gasteiger partial charge in [0.05, 0.1) is 12.7 Å². The normalized spacial score (nSPS) is 23.2. The second-order valence-corrected chi connectivity index (χ2v) is 10.7. The lowest BCUT2D eigenvalue weighted by Crippen LogP contribution is -2.45. The number of carbonyl (C=O) groups is 1. The van der Waals surface area contributed by atoms with Crippen molar-refractivity contribution >= 4 is 17.3 Å². The third kappa shape index (κ3) is 4.00. The average Bonchev–Trinajstić information content (AvgIpc) is 3.40. The van der Waals surface area contributed by atoms with Crippen molar-refractivity contribution in [2.75, 3.05) is 4.90 Å². The van der Waals surface area contributed by atoms with Gasteiger partial charge in [0.2, 0.25) is 0 Å². The van der Waals surface area contributed by atoms with E-state index in [2.05, 4.69) is 52.3 Å². The Labute approximate surface area is 214 Å². The number of aromatic carboxylic acids is 1. The number of pyridine rings is 1. The van der Waals surface area contributed by atoms with Gasteiger partial charge in [0.1, 0.15) is 17.1 Å². The van der Waals surface area contributed by atoms with Crippen molar-refractivity contribution in [2.45, 2.75) is 76.2 Å². The molecule has 2 unspecified atom stereocenters. The second-order valence-electron chi connectivity index (χ2n) is 10.7. The first-order chi connectivity index (χ1) is 18.0. The predicted molar refractivity (Wildman–Crippen MR) is 138 cm³/mol. The van der Waals surface area contributed by atoms with Gasteiger partial charge in [-0.3, -0.25) is 0 Å². The molecule has 190 valence electrons. The maximum absolute atomic E-state index is 11.3. The molecule has 1 saturated carbocycles. The lowest BCUT2D eigenvalue weighted by Gasteiger charge is -2.40. The van der Waals surface area contributed by atoms with E-state index in [0.29, 0.717) is 30.3 Å². The average molecular weight is 499 g/mol. The van der Waals surface area contributed by atoms with Crippen molar-refractivity contribution in [1.29, 1.82) is 0 Å². The Balaban J connectivity index is 1.09. The Morgan fingerprint density at radius 2 is 1.92 bits per heavy atom. The molecule has 2 bridgehead atoms. The van der Waals surface area contributed by atoms with E-state index in [4.69, 9.17) is 9.26 Å². The predicted octanol–water partition coefficient (Wildman–Crippen LogP) is 5.59. The Hall–Kier alpha value is -3.65. The molecule has 1 N–H and O–H groups in total. The van der Waals surface area contributed by atoms with Crippen LogP contribution in [-0.4, -0.2) is 43.8 Å². The quantitative estimate of drug-likeness (QED) is 0.355. The van der Waals surface area contributed by atoms with Gasteiger partial charge in [-0.2, -0.15) is 0 Å². The number of fused-ring (bicyclic) bond motifs is 3. The Bertz CT molecular complexity index is 1470. The van der Waals surface area contributed by atoms with Crippen LogP contribution in [0.15, 0.2) is 53.3 Å². The van der Waals surface area contributed by atoms with Gasteiger partial charge in [-0.15, -0.1) is 0 Å². The maximum Gasteiger partial charge on any atom is 0.356 e. The van der Waals surface area contributed by atoms with E-state index in [9.17, 15) is 9.90 Å². The molecule has 4 aromatic rings. The largest absolute Gasteiger partial charge is 0.476 e. The number of nitrogens with zero attached hydrogens (tertiary/aromatic N) is 4. The second kappa shape index (κ2) is 8.73. The summed E-state index contributed by atoms with van der Waals surface area (Å²) in [5, 5.41) is 13.8. The van der Waals surface area contributed by atoms with E-state index in [-0.39, 0.29) is 11.8 Å². The molecule has 3 fully saturated rings. The van der Waals surface area contributed by atoms with Crippen LogP contribution in [0.3, 0.4) is 0 Å². The molecule has 8 heteroatoms. The number of anilines is 1. The molecule has 0 radical (unpaired) electrons. The molecule has 1 aromatic carbocycles. The Kier molecular flexibility index (Phi) is 5.32. The molecule has 3 aromatic heterocycles. The van der Waals surface area contributed by atoms with Gasteiger partial charge in [0, 0.05) is 53.3 Å². The monoisotopic (exact) mass is 498 g/mol. The molecular formula is C29H30N4O4. The smallest absolute Gasteiger partial charge is 0.356 e. The van der Waals surface area contributed by atoms with Crippen molar-refractivity contribution in [2.24, 2.45) is 0 Å². The number of piperidine rings is 1. The van der Waals surface area contributed by atoms with E-state index in [1.54, 1.807) is 10.6 Å². The zero-order valence-corrected chi connectivity index (χ0v) is 20.8. The van der Waals surface area contributed by atoms with Crippen LogP contribution in [0.5, 0.6) is 0 Å². The molecule has 7 rings (SSSR count). The van der Waals surface area contributed by atoms with E-state index in [0.717, 1.165) is 66.8 Å². The highest BCUT2D eigenvalue weighted by Crippen LogP contribution is 2.45. The molecule has 3 atom stereocenters. The van der Waals surface area contributed by atoms with E-state index < -0.39 is 5.97 Å². The van der Waals surface area contributed by atoms with Crippen molar-refractivity contribution in [3.8, 4) is 11.3 Å². The summed E-state index contributed by atoms with van der Waals surface area (Å²) >= 11 is 0. The molecule has 2 aliphatic heterocycles. The summed E-state index contributed by atoms with van der Waals surface area (Å²) in [5.74, 6) is 0.472. The number of aromatic nitrogens is 3. The number of imidazole rings is 1. The van der Waals surface area contributed by atoms with Gasteiger partial charge >= 0.3 is 5.97 Å². The number of hydrogen-bond donors (Lipinski definition) is 1. The van der Waals surface area contributed by atoms with Crippen molar-refractivity contribution in [3.05, 3.63) is 71.4 Å². The minimum Gasteiger partial charge on any atom is -0.476 e. The highest BCUT2D eigenvalue weighted by Gasteiger charge is 2.42. The highest BCUT2D eigenvalue weighted by atomic mass is 16.5. The summed E-state index contributed by atoms with van der Waals surface area (Å²) < 4.78 is 14.2. The molecule has 1 aliphatic carbocycles. The Morgan fingerprint density at radius 1 is 1.14 bits per heavy atom. The molecule has 2 saturated heterocycles. The van der Waals surface area contributed by atoms with E-state index in [1.807, 2.05) is 12.3 Å². The van der Waals surface area contributed by atoms with E-state index >= 15 is 0 Å². The standard InChI is InChI=1S/C29H30N4O4/c1-17-4-2-3-5-23(17)27-24(28(37-31-27)18-6-7-18)16-36-22-12-19-8-9-20(13-22)33(19)21-10-11-32-15-25(29(34)35)30-26(32)14-21/h2-5,10-11,14-15,18-20,22H,6-9,12-13,16H2,1H3,(H,34,35)/t19-,20?,22?/m0/s1. The van der Waals surface area contributed by atoms with Gasteiger partial charge in [0.15, 0.2) is 5.69 Å². The van der Waals surface area contributed by atoms with Crippen molar-refractivity contribution in [1.82, 2.24) is 14.5 Å². The van der Waals surface area contributed by atoms with Crippen LogP contribution in [0.25, 0.3) is 16.9 Å². The fraction of sp³-hybridized carbons (Fsp3) is 0.414. The summed E-state index contributed by atoms with van der Waals surface area (Å²) in [7, 11) is 0. The van der Waals surface area contributed by atoms with Crippen molar-refractivity contribution in [3.63, 3.8) is 0 Å². The molecule has 5 heterocycles. The number of rotatable bonds is 7. The lowest BCUT2D eigenvalue weighted by molar-refractivity contribution is 0.0147. The molecule has 37 heavy (non-hydrogen) atoms. The number of carboxylic acid groups (broad SMARTS) is 1. The van der Waals surface area contributed by atoms with Crippen LogP contribution in [-0.2, 0) is 11.3 Å². The first-order valence-electron chi connectivity index (χ1n) is 13.2.